The van der Waals surface area contributed by atoms with Crippen LogP contribution in [-0.2, 0) is 4.79 Å². The first-order chi connectivity index (χ1) is 14.2. The zero-order valence-electron chi connectivity index (χ0n) is 16.7. The third-order valence-corrected chi connectivity index (χ3v) is 5.29. The van der Waals surface area contributed by atoms with Gasteiger partial charge in [0.2, 0.25) is 11.9 Å². The van der Waals surface area contributed by atoms with Gasteiger partial charge in [-0.05, 0) is 25.1 Å². The van der Waals surface area contributed by atoms with Gasteiger partial charge in [-0.1, -0.05) is 12.1 Å². The number of para-hydroxylation sites is 2. The lowest BCUT2D eigenvalue weighted by molar-refractivity contribution is -0.133. The lowest BCUT2D eigenvalue weighted by atomic mass is 10.2. The number of hydrogen-bond acceptors (Lipinski definition) is 7. The van der Waals surface area contributed by atoms with E-state index in [-0.39, 0.29) is 12.0 Å². The molecule has 0 aliphatic carbocycles. The Morgan fingerprint density at radius 3 is 2.55 bits per heavy atom. The highest BCUT2D eigenvalue weighted by Gasteiger charge is 2.27. The van der Waals surface area contributed by atoms with Crippen LogP contribution in [0.3, 0.4) is 0 Å². The number of carbonyl (C=O) groups excluding carboxylic acids is 1. The molecule has 0 saturated carbocycles. The number of amides is 1. The van der Waals surface area contributed by atoms with Gasteiger partial charge in [-0.3, -0.25) is 9.69 Å². The standard InChI is InChI=1S/C21H27N5O3/c1-2-25(14-17-16-28-18-6-3-4-7-19(18)29-17)20(27)15-24-10-12-26(13-11-24)21-22-8-5-9-23-21/h3-9,17H,2,10-16H2,1H3/t17-/m0/s1. The number of piperazine rings is 1. The van der Waals surface area contributed by atoms with E-state index in [1.807, 2.05) is 42.2 Å². The van der Waals surface area contributed by atoms with Crippen LogP contribution < -0.4 is 14.4 Å². The summed E-state index contributed by atoms with van der Waals surface area (Å²) >= 11 is 0. The van der Waals surface area contributed by atoms with Crippen molar-refractivity contribution in [3.8, 4) is 11.5 Å². The molecule has 1 aromatic heterocycles. The highest BCUT2D eigenvalue weighted by Crippen LogP contribution is 2.31. The van der Waals surface area contributed by atoms with E-state index in [0.717, 1.165) is 43.6 Å². The number of carbonyl (C=O) groups is 1. The Kier molecular flexibility index (Phi) is 6.09. The second-order valence-electron chi connectivity index (χ2n) is 7.24. The van der Waals surface area contributed by atoms with E-state index in [1.165, 1.54) is 0 Å². The molecule has 0 N–H and O–H groups in total. The van der Waals surface area contributed by atoms with Gasteiger partial charge in [0, 0.05) is 45.1 Å². The molecule has 2 aliphatic heterocycles. The molecule has 4 rings (SSSR count). The second kappa shape index (κ2) is 9.09. The summed E-state index contributed by atoms with van der Waals surface area (Å²) in [5.74, 6) is 2.38. The highest BCUT2D eigenvalue weighted by molar-refractivity contribution is 5.78. The molecule has 3 heterocycles. The zero-order chi connectivity index (χ0) is 20.1. The molecule has 1 atom stereocenters. The minimum absolute atomic E-state index is 0.124. The van der Waals surface area contributed by atoms with Gasteiger partial charge >= 0.3 is 0 Å². The van der Waals surface area contributed by atoms with Crippen molar-refractivity contribution < 1.29 is 14.3 Å². The Hall–Kier alpha value is -2.87. The van der Waals surface area contributed by atoms with E-state index in [1.54, 1.807) is 12.4 Å². The normalized spacial score (nSPS) is 19.1. The fourth-order valence-electron chi connectivity index (χ4n) is 3.66. The van der Waals surface area contributed by atoms with Crippen molar-refractivity contribution in [1.82, 2.24) is 19.8 Å². The third kappa shape index (κ3) is 4.76. The summed E-state index contributed by atoms with van der Waals surface area (Å²) in [5.41, 5.74) is 0. The van der Waals surface area contributed by atoms with Gasteiger partial charge in [0.05, 0.1) is 13.1 Å². The molecule has 29 heavy (non-hydrogen) atoms. The molecule has 0 radical (unpaired) electrons. The predicted octanol–water partition coefficient (Wildman–Crippen LogP) is 1.29. The molecule has 1 amide bonds. The van der Waals surface area contributed by atoms with Crippen LogP contribution in [0.2, 0.25) is 0 Å². The molecule has 2 aromatic rings. The molecule has 1 aromatic carbocycles. The fraction of sp³-hybridized carbons (Fsp3) is 0.476. The molecule has 8 nitrogen and oxygen atoms in total. The van der Waals surface area contributed by atoms with Crippen LogP contribution in [0.1, 0.15) is 6.92 Å². The van der Waals surface area contributed by atoms with E-state index in [0.29, 0.717) is 26.2 Å². The van der Waals surface area contributed by atoms with E-state index < -0.39 is 0 Å². The third-order valence-electron chi connectivity index (χ3n) is 5.29. The summed E-state index contributed by atoms with van der Waals surface area (Å²) in [5, 5.41) is 0. The van der Waals surface area contributed by atoms with E-state index in [4.69, 9.17) is 9.47 Å². The topological polar surface area (TPSA) is 71.0 Å². The monoisotopic (exact) mass is 397 g/mol. The van der Waals surface area contributed by atoms with Crippen LogP contribution in [0.4, 0.5) is 5.95 Å². The number of nitrogens with zero attached hydrogens (tertiary/aromatic N) is 5. The Bertz CT molecular complexity index is 811. The molecule has 1 saturated heterocycles. The average Bonchev–Trinajstić information content (AvgIpc) is 2.78. The number of anilines is 1. The van der Waals surface area contributed by atoms with Crippen molar-refractivity contribution in [2.24, 2.45) is 0 Å². The fourth-order valence-corrected chi connectivity index (χ4v) is 3.66. The SMILES string of the molecule is CCN(C[C@H]1COc2ccccc2O1)C(=O)CN1CCN(c2ncccn2)CC1. The largest absolute Gasteiger partial charge is 0.486 e. The maximum Gasteiger partial charge on any atom is 0.236 e. The maximum absolute atomic E-state index is 12.9. The first-order valence-corrected chi connectivity index (χ1v) is 10.1. The summed E-state index contributed by atoms with van der Waals surface area (Å²) in [4.78, 5) is 27.7. The Balaban J connectivity index is 1.26. The molecule has 0 spiro atoms. The smallest absolute Gasteiger partial charge is 0.236 e. The van der Waals surface area contributed by atoms with Crippen LogP contribution in [-0.4, -0.2) is 84.2 Å². The number of rotatable bonds is 6. The molecule has 2 aliphatic rings. The molecule has 0 unspecified atom stereocenters. The lowest BCUT2D eigenvalue weighted by Gasteiger charge is -2.36. The Morgan fingerprint density at radius 1 is 1.10 bits per heavy atom. The van der Waals surface area contributed by atoms with E-state index in [9.17, 15) is 4.79 Å². The predicted molar refractivity (Wildman–Crippen MR) is 109 cm³/mol. The van der Waals surface area contributed by atoms with Gasteiger partial charge in [-0.2, -0.15) is 0 Å². The van der Waals surface area contributed by atoms with E-state index >= 15 is 0 Å². The van der Waals surface area contributed by atoms with Crippen molar-refractivity contribution in [3.05, 3.63) is 42.7 Å². The van der Waals surface area contributed by atoms with Crippen molar-refractivity contribution in [2.45, 2.75) is 13.0 Å². The summed E-state index contributed by atoms with van der Waals surface area (Å²) in [6, 6.07) is 9.46. The van der Waals surface area contributed by atoms with Gasteiger partial charge < -0.3 is 19.3 Å². The summed E-state index contributed by atoms with van der Waals surface area (Å²) < 4.78 is 11.8. The molecular weight excluding hydrogens is 370 g/mol. The average molecular weight is 397 g/mol. The zero-order valence-corrected chi connectivity index (χ0v) is 16.7. The first kappa shape index (κ1) is 19.4. The number of ether oxygens (including phenoxy) is 2. The van der Waals surface area contributed by atoms with E-state index in [2.05, 4.69) is 19.8 Å². The summed E-state index contributed by atoms with van der Waals surface area (Å²) in [7, 11) is 0. The van der Waals surface area contributed by atoms with Crippen LogP contribution >= 0.6 is 0 Å². The first-order valence-electron chi connectivity index (χ1n) is 10.1. The van der Waals surface area contributed by atoms with Gasteiger partial charge in [0.25, 0.3) is 0 Å². The van der Waals surface area contributed by atoms with Gasteiger partial charge in [0.15, 0.2) is 17.6 Å². The van der Waals surface area contributed by atoms with Crippen molar-refractivity contribution >= 4 is 11.9 Å². The van der Waals surface area contributed by atoms with Gasteiger partial charge in [0.1, 0.15) is 6.61 Å². The van der Waals surface area contributed by atoms with Crippen LogP contribution in [0.15, 0.2) is 42.7 Å². The minimum Gasteiger partial charge on any atom is -0.486 e. The summed E-state index contributed by atoms with van der Waals surface area (Å²) in [6.07, 6.45) is 3.36. The van der Waals surface area contributed by atoms with Crippen molar-refractivity contribution in [2.75, 3.05) is 57.3 Å². The number of aromatic nitrogens is 2. The van der Waals surface area contributed by atoms with Crippen molar-refractivity contribution in [3.63, 3.8) is 0 Å². The van der Waals surface area contributed by atoms with Crippen LogP contribution in [0.5, 0.6) is 11.5 Å². The quantitative estimate of drug-likeness (QED) is 0.727. The Labute approximate surface area is 171 Å². The maximum atomic E-state index is 12.9. The number of benzene rings is 1. The number of fused-ring (bicyclic) bond motifs is 1. The number of hydrogen-bond donors (Lipinski definition) is 0. The molecular formula is C21H27N5O3. The van der Waals surface area contributed by atoms with Crippen LogP contribution in [0.25, 0.3) is 0 Å². The number of likely N-dealkylation sites (N-methyl/N-ethyl adjacent to an activating group) is 1. The van der Waals surface area contributed by atoms with Crippen LogP contribution in [0, 0.1) is 0 Å². The summed E-state index contributed by atoms with van der Waals surface area (Å²) in [6.45, 7) is 7.33. The van der Waals surface area contributed by atoms with Gasteiger partial charge in [-0.15, -0.1) is 0 Å². The minimum atomic E-state index is -0.152. The molecule has 154 valence electrons. The van der Waals surface area contributed by atoms with Crippen molar-refractivity contribution in [1.29, 1.82) is 0 Å². The molecule has 0 bridgehead atoms. The second-order valence-corrected chi connectivity index (χ2v) is 7.24. The van der Waals surface area contributed by atoms with Gasteiger partial charge in [-0.25, -0.2) is 9.97 Å². The Morgan fingerprint density at radius 2 is 1.83 bits per heavy atom. The molecule has 1 fully saturated rings. The highest BCUT2D eigenvalue weighted by atomic mass is 16.6. The lowest BCUT2D eigenvalue weighted by Crippen LogP contribution is -2.52. The molecule has 8 heteroatoms.